The summed E-state index contributed by atoms with van der Waals surface area (Å²) in [5, 5.41) is 24.3. The first-order valence-corrected chi connectivity index (χ1v) is 11.0. The van der Waals surface area contributed by atoms with E-state index in [9.17, 15) is 29.7 Å². The van der Waals surface area contributed by atoms with E-state index in [1.807, 2.05) is 0 Å². The van der Waals surface area contributed by atoms with Gasteiger partial charge in [-0.3, -0.25) is 29.0 Å². The minimum atomic E-state index is -0.511. The van der Waals surface area contributed by atoms with E-state index < -0.39 is 23.6 Å². The van der Waals surface area contributed by atoms with E-state index in [4.69, 9.17) is 0 Å². The fourth-order valence-corrected chi connectivity index (χ4v) is 5.88. The minimum absolute atomic E-state index is 0.224. The van der Waals surface area contributed by atoms with Gasteiger partial charge in [-0.15, -0.1) is 0 Å². The van der Waals surface area contributed by atoms with Gasteiger partial charge in [0.1, 0.15) is 0 Å². The van der Waals surface area contributed by atoms with Crippen molar-refractivity contribution < 1.29 is 19.2 Å². The molecule has 0 aliphatic carbocycles. The van der Waals surface area contributed by atoms with Gasteiger partial charge in [0, 0.05) is 68.7 Å². The predicted octanol–water partition coefficient (Wildman–Crippen LogP) is 3.93. The Bertz CT molecular complexity index is 1930. The Labute approximate surface area is 202 Å². The van der Waals surface area contributed by atoms with Gasteiger partial charge in [0.05, 0.1) is 23.3 Å². The number of amides is 4. The summed E-state index contributed by atoms with van der Waals surface area (Å²) < 4.78 is 0. The van der Waals surface area contributed by atoms with Crippen LogP contribution in [0.5, 0.6) is 0 Å². The van der Waals surface area contributed by atoms with E-state index in [1.54, 1.807) is 24.3 Å². The van der Waals surface area contributed by atoms with E-state index in [1.165, 1.54) is 26.2 Å². The molecule has 8 heteroatoms. The molecule has 2 aliphatic rings. The molecule has 7 rings (SSSR count). The summed E-state index contributed by atoms with van der Waals surface area (Å²) in [6.07, 6.45) is 0. The lowest BCUT2D eigenvalue weighted by Gasteiger charge is -2.28. The first kappa shape index (κ1) is 20.1. The highest BCUT2D eigenvalue weighted by Crippen LogP contribution is 2.48. The van der Waals surface area contributed by atoms with Crippen molar-refractivity contribution in [2.75, 3.05) is 14.1 Å². The second kappa shape index (κ2) is 6.21. The summed E-state index contributed by atoms with van der Waals surface area (Å²) in [6.45, 7) is 0. The second-order valence-corrected chi connectivity index (χ2v) is 9.08. The summed E-state index contributed by atoms with van der Waals surface area (Å²) in [5.41, 5.74) is 1.59. The standard InChI is InChI=1S/C28H12N4O4/c1-31-25(33)15-5-3-13-20-12(10-30)8-18-22-16(26(34)32(2)28(18)36)6-4-14(24(20)22)19-11(9-29)7-17(27(31)35)21(15)23(13)19/h3-8H,1-2H3. The Morgan fingerprint density at radius 1 is 0.528 bits per heavy atom. The van der Waals surface area contributed by atoms with Gasteiger partial charge in [0.15, 0.2) is 0 Å². The van der Waals surface area contributed by atoms with Crippen LogP contribution in [0.15, 0.2) is 36.4 Å². The zero-order chi connectivity index (χ0) is 25.2. The van der Waals surface area contributed by atoms with Gasteiger partial charge in [0.2, 0.25) is 0 Å². The monoisotopic (exact) mass is 468 g/mol. The summed E-state index contributed by atoms with van der Waals surface area (Å²) >= 11 is 0. The van der Waals surface area contributed by atoms with Gasteiger partial charge in [0.25, 0.3) is 23.6 Å². The van der Waals surface area contributed by atoms with Crippen molar-refractivity contribution in [3.8, 4) is 12.1 Å². The largest absolute Gasteiger partial charge is 0.277 e. The van der Waals surface area contributed by atoms with Crippen LogP contribution in [0.1, 0.15) is 52.6 Å². The van der Waals surface area contributed by atoms with Crippen LogP contribution < -0.4 is 0 Å². The minimum Gasteiger partial charge on any atom is -0.277 e. The number of nitrogens with zero attached hydrogens (tertiary/aromatic N) is 4. The quantitative estimate of drug-likeness (QED) is 0.193. The molecular formula is C28H12N4O4. The number of carbonyl (C=O) groups excluding carboxylic acids is 4. The molecule has 0 spiro atoms. The van der Waals surface area contributed by atoms with Crippen LogP contribution in [0.3, 0.4) is 0 Å². The SMILES string of the molecule is CN1C(=O)c2ccc3c4c(C#N)cc5c6c(ccc(c7c(C#N)cc(c2c37)C1=O)c64)C(=O)N(C)C5=O. The Balaban J connectivity index is 1.87. The maximum atomic E-state index is 13.1. The first-order chi connectivity index (χ1) is 17.3. The number of nitriles is 2. The molecule has 0 radical (unpaired) electrons. The van der Waals surface area contributed by atoms with Crippen LogP contribution in [0.25, 0.3) is 43.1 Å². The number of benzene rings is 5. The van der Waals surface area contributed by atoms with Crippen molar-refractivity contribution in [1.29, 1.82) is 10.5 Å². The highest BCUT2D eigenvalue weighted by molar-refractivity contribution is 6.42. The topological polar surface area (TPSA) is 122 Å². The third-order valence-corrected chi connectivity index (χ3v) is 7.49. The average molecular weight is 468 g/mol. The smallest absolute Gasteiger partial charge is 0.261 e. The molecule has 168 valence electrons. The number of fused-ring (bicyclic) bond motifs is 2. The van der Waals surface area contributed by atoms with Gasteiger partial charge >= 0.3 is 0 Å². The fourth-order valence-electron chi connectivity index (χ4n) is 5.88. The highest BCUT2D eigenvalue weighted by atomic mass is 16.2. The predicted molar refractivity (Wildman–Crippen MR) is 130 cm³/mol. The van der Waals surface area contributed by atoms with Gasteiger partial charge in [-0.25, -0.2) is 0 Å². The van der Waals surface area contributed by atoms with Gasteiger partial charge < -0.3 is 0 Å². The second-order valence-electron chi connectivity index (χ2n) is 9.08. The molecule has 0 aromatic heterocycles. The lowest BCUT2D eigenvalue weighted by atomic mass is 9.79. The van der Waals surface area contributed by atoms with Crippen molar-refractivity contribution in [1.82, 2.24) is 9.80 Å². The normalized spacial score (nSPS) is 15.0. The van der Waals surface area contributed by atoms with Gasteiger partial charge in [-0.05, 0) is 35.0 Å². The van der Waals surface area contributed by atoms with E-state index >= 15 is 0 Å². The van der Waals surface area contributed by atoms with Gasteiger partial charge in [-0.2, -0.15) is 10.5 Å². The lowest BCUT2D eigenvalue weighted by Crippen LogP contribution is -2.37. The van der Waals surface area contributed by atoms with Crippen LogP contribution in [-0.4, -0.2) is 47.5 Å². The van der Waals surface area contributed by atoms with E-state index in [0.717, 1.165) is 9.80 Å². The number of rotatable bonds is 0. The molecule has 0 bridgehead atoms. The number of imide groups is 2. The van der Waals surface area contributed by atoms with Crippen LogP contribution in [0.4, 0.5) is 0 Å². The molecule has 0 saturated carbocycles. The van der Waals surface area contributed by atoms with Crippen LogP contribution in [-0.2, 0) is 0 Å². The van der Waals surface area contributed by atoms with Crippen LogP contribution in [0.2, 0.25) is 0 Å². The molecule has 36 heavy (non-hydrogen) atoms. The molecule has 5 aromatic rings. The summed E-state index contributed by atoms with van der Waals surface area (Å²) in [5.74, 6) is -1.93. The zero-order valence-corrected chi connectivity index (χ0v) is 18.9. The average Bonchev–Trinajstić information content (AvgIpc) is 2.90. The van der Waals surface area contributed by atoms with Crippen molar-refractivity contribution >= 4 is 66.7 Å². The van der Waals surface area contributed by atoms with E-state index in [2.05, 4.69) is 12.1 Å². The Morgan fingerprint density at radius 3 is 1.25 bits per heavy atom. The Hall–Kier alpha value is -5.34. The molecule has 2 aliphatic heterocycles. The molecule has 8 nitrogen and oxygen atoms in total. The molecule has 0 fully saturated rings. The third-order valence-electron chi connectivity index (χ3n) is 7.49. The molecule has 0 unspecified atom stereocenters. The highest BCUT2D eigenvalue weighted by Gasteiger charge is 2.36. The molecule has 0 N–H and O–H groups in total. The van der Waals surface area contributed by atoms with Crippen LogP contribution in [0, 0.1) is 22.7 Å². The Kier molecular flexibility index (Phi) is 3.46. The Morgan fingerprint density at radius 2 is 0.889 bits per heavy atom. The third kappa shape index (κ3) is 2.00. The van der Waals surface area contributed by atoms with Crippen molar-refractivity contribution in [3.05, 3.63) is 69.8 Å². The zero-order valence-electron chi connectivity index (χ0n) is 18.9. The summed E-state index contributed by atoms with van der Waals surface area (Å²) in [6, 6.07) is 14.0. The maximum Gasteiger partial charge on any atom is 0.261 e. The van der Waals surface area contributed by atoms with E-state index in [0.29, 0.717) is 54.2 Å². The number of hydrogen-bond donors (Lipinski definition) is 0. The molecule has 0 atom stereocenters. The van der Waals surface area contributed by atoms with E-state index in [-0.39, 0.29) is 22.3 Å². The first-order valence-electron chi connectivity index (χ1n) is 11.0. The van der Waals surface area contributed by atoms with Crippen molar-refractivity contribution in [2.45, 2.75) is 0 Å². The fraction of sp³-hybridized carbons (Fsp3) is 0.0714. The summed E-state index contributed by atoms with van der Waals surface area (Å²) in [7, 11) is 2.80. The molecule has 0 saturated heterocycles. The van der Waals surface area contributed by atoms with Gasteiger partial charge in [-0.1, -0.05) is 12.1 Å². The van der Waals surface area contributed by atoms with Crippen LogP contribution >= 0.6 is 0 Å². The maximum absolute atomic E-state index is 13.1. The van der Waals surface area contributed by atoms with Crippen molar-refractivity contribution in [3.63, 3.8) is 0 Å². The molecule has 4 amide bonds. The summed E-state index contributed by atoms with van der Waals surface area (Å²) in [4.78, 5) is 54.2. The van der Waals surface area contributed by atoms with Crippen molar-refractivity contribution in [2.24, 2.45) is 0 Å². The lowest BCUT2D eigenvalue weighted by molar-refractivity contribution is 0.0635. The number of hydrogen-bond acceptors (Lipinski definition) is 6. The molecule has 2 heterocycles. The molecule has 5 aromatic carbocycles. The number of carbonyl (C=O) groups is 4. The molecular weight excluding hydrogens is 456 g/mol.